The van der Waals surface area contributed by atoms with Gasteiger partial charge < -0.3 is 9.73 Å². The van der Waals surface area contributed by atoms with Gasteiger partial charge in [0.15, 0.2) is 0 Å². The number of benzene rings is 3. The summed E-state index contributed by atoms with van der Waals surface area (Å²) >= 11 is 0. The standard InChI is InChI=1S/C22H16FN3O4S/c23-18-11-5-6-12-19(18)24-21(27)17-14-15-8-4-7-13-20(15)30-22(17)25-26-31(28,29)16-9-2-1-3-10-16/h1-14,26H,(H,24,27)/b25-22-. The van der Waals surface area contributed by atoms with Crippen LogP contribution < -0.4 is 15.7 Å². The first kappa shape index (κ1) is 20.3. The number of carbonyl (C=O) groups excluding carboxylic acids is 1. The second-order valence-electron chi connectivity index (χ2n) is 6.46. The molecule has 0 radical (unpaired) electrons. The van der Waals surface area contributed by atoms with Gasteiger partial charge in [-0.15, -0.1) is 5.10 Å². The summed E-state index contributed by atoms with van der Waals surface area (Å²) in [5.74, 6) is -1.32. The van der Waals surface area contributed by atoms with Gasteiger partial charge in [0.2, 0.25) is 5.55 Å². The van der Waals surface area contributed by atoms with E-state index in [1.807, 2.05) is 0 Å². The molecule has 2 N–H and O–H groups in total. The van der Waals surface area contributed by atoms with Crippen molar-refractivity contribution in [2.75, 3.05) is 5.32 Å². The average molecular weight is 437 g/mol. The molecule has 0 bridgehead atoms. The van der Waals surface area contributed by atoms with Gasteiger partial charge in [-0.3, -0.25) is 4.79 Å². The van der Waals surface area contributed by atoms with Crippen molar-refractivity contribution >= 4 is 32.6 Å². The lowest BCUT2D eigenvalue weighted by molar-refractivity contribution is 0.102. The van der Waals surface area contributed by atoms with Crippen molar-refractivity contribution in [1.29, 1.82) is 0 Å². The van der Waals surface area contributed by atoms with Crippen molar-refractivity contribution in [3.05, 3.63) is 102 Å². The van der Waals surface area contributed by atoms with Crippen LogP contribution in [0.15, 0.2) is 99.3 Å². The van der Waals surface area contributed by atoms with Crippen molar-refractivity contribution in [3.63, 3.8) is 0 Å². The van der Waals surface area contributed by atoms with E-state index in [0.29, 0.717) is 11.0 Å². The van der Waals surface area contributed by atoms with Crippen LogP contribution in [0.2, 0.25) is 0 Å². The van der Waals surface area contributed by atoms with E-state index in [1.165, 1.54) is 36.4 Å². The Hall–Kier alpha value is -3.98. The lowest BCUT2D eigenvalue weighted by Gasteiger charge is -2.08. The minimum atomic E-state index is -3.99. The fourth-order valence-electron chi connectivity index (χ4n) is 2.82. The monoisotopic (exact) mass is 437 g/mol. The Labute approximate surface area is 176 Å². The SMILES string of the molecule is O=C(Nc1ccccc1F)c1cc2ccccc2o/c1=N\NS(=O)(=O)c1ccccc1. The number of halogens is 1. The molecule has 156 valence electrons. The van der Waals surface area contributed by atoms with Crippen LogP contribution in [0.5, 0.6) is 0 Å². The van der Waals surface area contributed by atoms with Crippen LogP contribution in [0, 0.1) is 5.82 Å². The summed E-state index contributed by atoms with van der Waals surface area (Å²) in [7, 11) is -3.99. The normalized spacial score (nSPS) is 12.0. The van der Waals surface area contributed by atoms with E-state index in [4.69, 9.17) is 4.42 Å². The zero-order valence-electron chi connectivity index (χ0n) is 15.9. The molecule has 0 aliphatic rings. The number of para-hydroxylation sites is 2. The molecule has 1 heterocycles. The number of amides is 1. The van der Waals surface area contributed by atoms with Gasteiger partial charge in [0.1, 0.15) is 17.0 Å². The van der Waals surface area contributed by atoms with Crippen molar-refractivity contribution in [2.24, 2.45) is 5.10 Å². The van der Waals surface area contributed by atoms with E-state index in [9.17, 15) is 17.6 Å². The second-order valence-corrected chi connectivity index (χ2v) is 8.12. The molecule has 1 amide bonds. The van der Waals surface area contributed by atoms with Crippen LogP contribution in [0.1, 0.15) is 10.4 Å². The molecule has 1 aromatic heterocycles. The van der Waals surface area contributed by atoms with Gasteiger partial charge in [-0.25, -0.2) is 4.39 Å². The molecule has 31 heavy (non-hydrogen) atoms. The van der Waals surface area contributed by atoms with Gasteiger partial charge in [-0.2, -0.15) is 13.2 Å². The molecule has 0 saturated heterocycles. The van der Waals surface area contributed by atoms with E-state index < -0.39 is 21.7 Å². The Morgan fingerprint density at radius 2 is 1.58 bits per heavy atom. The molecule has 4 aromatic rings. The maximum Gasteiger partial charge on any atom is 0.276 e. The summed E-state index contributed by atoms with van der Waals surface area (Å²) < 4.78 is 44.6. The van der Waals surface area contributed by atoms with Crippen molar-refractivity contribution in [1.82, 2.24) is 4.83 Å². The van der Waals surface area contributed by atoms with Gasteiger partial charge in [0.05, 0.1) is 10.6 Å². The molecule has 4 rings (SSSR count). The second kappa shape index (κ2) is 8.41. The smallest absolute Gasteiger partial charge is 0.276 e. The van der Waals surface area contributed by atoms with Gasteiger partial charge >= 0.3 is 0 Å². The average Bonchev–Trinajstić information content (AvgIpc) is 2.79. The highest BCUT2D eigenvalue weighted by Crippen LogP contribution is 2.16. The van der Waals surface area contributed by atoms with Gasteiger partial charge in [0, 0.05) is 5.39 Å². The first-order chi connectivity index (χ1) is 14.9. The number of sulfonamides is 1. The van der Waals surface area contributed by atoms with Gasteiger partial charge in [-0.05, 0) is 36.4 Å². The summed E-state index contributed by atoms with van der Waals surface area (Å²) in [6, 6.07) is 21.7. The highest BCUT2D eigenvalue weighted by Gasteiger charge is 2.16. The molecule has 0 saturated carbocycles. The highest BCUT2D eigenvalue weighted by molar-refractivity contribution is 7.89. The zero-order chi connectivity index (χ0) is 21.8. The summed E-state index contributed by atoms with van der Waals surface area (Å²) in [5, 5.41) is 6.87. The van der Waals surface area contributed by atoms with Crippen LogP contribution in [0.4, 0.5) is 10.1 Å². The number of nitrogens with zero attached hydrogens (tertiary/aromatic N) is 1. The molecule has 0 atom stereocenters. The van der Waals surface area contributed by atoms with Gasteiger partial charge in [0.25, 0.3) is 15.9 Å². The van der Waals surface area contributed by atoms with Crippen molar-refractivity contribution in [3.8, 4) is 0 Å². The fraction of sp³-hybridized carbons (Fsp3) is 0. The van der Waals surface area contributed by atoms with Crippen LogP contribution in [0.3, 0.4) is 0 Å². The van der Waals surface area contributed by atoms with Crippen LogP contribution in [-0.4, -0.2) is 14.3 Å². The number of fused-ring (bicyclic) bond motifs is 1. The van der Waals surface area contributed by atoms with E-state index in [0.717, 1.165) is 0 Å². The summed E-state index contributed by atoms with van der Waals surface area (Å²) in [5.41, 5.74) is 0.0174. The molecule has 9 heteroatoms. The van der Waals surface area contributed by atoms with Gasteiger partial charge in [-0.1, -0.05) is 48.5 Å². The molecule has 3 aromatic carbocycles. The Bertz CT molecular complexity index is 1430. The molecule has 0 spiro atoms. The number of carbonyl (C=O) groups is 1. The number of hydrogen-bond donors (Lipinski definition) is 2. The predicted molar refractivity (Wildman–Crippen MR) is 113 cm³/mol. The van der Waals surface area contributed by atoms with Crippen LogP contribution in [0.25, 0.3) is 11.0 Å². The topological polar surface area (TPSA) is 101 Å². The molecule has 0 fully saturated rings. The Morgan fingerprint density at radius 3 is 2.35 bits per heavy atom. The third-order valence-corrected chi connectivity index (χ3v) is 5.57. The summed E-state index contributed by atoms with van der Waals surface area (Å²) in [6.45, 7) is 0. The minimum absolute atomic E-state index is 0.00287. The third-order valence-electron chi connectivity index (χ3n) is 4.34. The zero-order valence-corrected chi connectivity index (χ0v) is 16.8. The van der Waals surface area contributed by atoms with E-state index >= 15 is 0 Å². The lowest BCUT2D eigenvalue weighted by atomic mass is 10.1. The molecule has 7 nitrogen and oxygen atoms in total. The molecular formula is C22H16FN3O4S. The molecular weight excluding hydrogens is 421 g/mol. The first-order valence-corrected chi connectivity index (χ1v) is 10.6. The quantitative estimate of drug-likeness (QED) is 0.466. The number of hydrogen-bond acceptors (Lipinski definition) is 5. The molecule has 0 aliphatic carbocycles. The third kappa shape index (κ3) is 4.46. The van der Waals surface area contributed by atoms with Crippen LogP contribution >= 0.6 is 0 Å². The number of nitrogens with one attached hydrogen (secondary N) is 2. The van der Waals surface area contributed by atoms with E-state index in [-0.39, 0.29) is 21.7 Å². The molecule has 0 unspecified atom stereocenters. The van der Waals surface area contributed by atoms with Crippen LogP contribution in [-0.2, 0) is 10.0 Å². The van der Waals surface area contributed by atoms with E-state index in [2.05, 4.69) is 15.2 Å². The maximum absolute atomic E-state index is 14.0. The fourth-order valence-corrected chi connectivity index (χ4v) is 3.64. The van der Waals surface area contributed by atoms with Crippen molar-refractivity contribution < 1.29 is 22.0 Å². The Morgan fingerprint density at radius 1 is 0.903 bits per heavy atom. The Kier molecular flexibility index (Phi) is 5.50. The van der Waals surface area contributed by atoms with Crippen molar-refractivity contribution in [2.45, 2.75) is 4.90 Å². The highest BCUT2D eigenvalue weighted by atomic mass is 32.2. The molecule has 0 aliphatic heterocycles. The number of rotatable bonds is 5. The Balaban J connectivity index is 1.77. The first-order valence-electron chi connectivity index (χ1n) is 9.13. The summed E-state index contributed by atoms with van der Waals surface area (Å²) in [4.78, 5) is 14.9. The summed E-state index contributed by atoms with van der Waals surface area (Å²) in [6.07, 6.45) is 0. The largest absolute Gasteiger partial charge is 0.436 e. The predicted octanol–water partition coefficient (Wildman–Crippen LogP) is 3.62. The lowest BCUT2D eigenvalue weighted by Crippen LogP contribution is -2.27. The minimum Gasteiger partial charge on any atom is -0.436 e. The number of anilines is 1. The van der Waals surface area contributed by atoms with E-state index in [1.54, 1.807) is 48.5 Å². The maximum atomic E-state index is 14.0.